The van der Waals surface area contributed by atoms with Crippen LogP contribution in [-0.2, 0) is 4.74 Å². The van der Waals surface area contributed by atoms with Gasteiger partial charge < -0.3 is 14.6 Å². The molecule has 1 unspecified atom stereocenters. The maximum Gasteiger partial charge on any atom is 0.0963 e. The molecule has 1 aromatic carbocycles. The zero-order valence-corrected chi connectivity index (χ0v) is 12.2. The van der Waals surface area contributed by atoms with E-state index in [0.29, 0.717) is 6.10 Å². The number of benzene rings is 1. The van der Waals surface area contributed by atoms with Gasteiger partial charge in [0, 0.05) is 35.9 Å². The lowest BCUT2D eigenvalue weighted by molar-refractivity contribution is -0.0686. The van der Waals surface area contributed by atoms with Crippen LogP contribution < -0.4 is 0 Å². The molecule has 0 radical (unpaired) electrons. The molecule has 0 saturated carbocycles. The number of likely N-dealkylation sites (N-methyl/N-ethyl adjacent to an activating group) is 1. The van der Waals surface area contributed by atoms with Crippen LogP contribution in [0.15, 0.2) is 30.5 Å². The molecule has 4 heteroatoms. The summed E-state index contributed by atoms with van der Waals surface area (Å²) in [6.45, 7) is 2.00. The molecule has 0 aliphatic carbocycles. The maximum absolute atomic E-state index is 6.28. The minimum absolute atomic E-state index is 0.176. The van der Waals surface area contributed by atoms with Gasteiger partial charge in [0.25, 0.3) is 0 Å². The molecule has 1 aliphatic rings. The minimum Gasteiger partial charge on any atom is -0.367 e. The molecule has 3 rings (SSSR count). The summed E-state index contributed by atoms with van der Waals surface area (Å²) in [5.74, 6) is 1.06. The molecule has 1 aromatic heterocycles. The fourth-order valence-electron chi connectivity index (χ4n) is 2.86. The first-order valence-electron chi connectivity index (χ1n) is 6.67. The number of nitrogens with zero attached hydrogens (tertiary/aromatic N) is 1. The van der Waals surface area contributed by atoms with Gasteiger partial charge in [-0.3, -0.25) is 0 Å². The van der Waals surface area contributed by atoms with Crippen LogP contribution in [0.25, 0.3) is 10.9 Å². The lowest BCUT2D eigenvalue weighted by Crippen LogP contribution is -2.42. The second-order valence-corrected chi connectivity index (χ2v) is 6.12. The number of thioether (sulfide) groups is 1. The van der Waals surface area contributed by atoms with Gasteiger partial charge >= 0.3 is 0 Å². The molecule has 19 heavy (non-hydrogen) atoms. The van der Waals surface area contributed by atoms with Crippen molar-refractivity contribution in [2.45, 2.75) is 12.2 Å². The van der Waals surface area contributed by atoms with Crippen LogP contribution in [0.5, 0.6) is 0 Å². The highest BCUT2D eigenvalue weighted by Crippen LogP contribution is 2.30. The number of H-pyrrole nitrogens is 1. The third-order valence-electron chi connectivity index (χ3n) is 3.68. The summed E-state index contributed by atoms with van der Waals surface area (Å²) >= 11 is 1.85. The Morgan fingerprint density at radius 2 is 2.26 bits per heavy atom. The minimum atomic E-state index is 0.176. The number of nitrogens with one attached hydrogen (secondary N) is 1. The molecule has 1 fully saturated rings. The maximum atomic E-state index is 6.28. The molecule has 1 N–H and O–H groups in total. The number of aromatic amines is 1. The Balaban J connectivity index is 1.90. The second-order valence-electron chi connectivity index (χ2n) is 5.21. The fraction of sp³-hybridized carbons (Fsp3) is 0.467. The van der Waals surface area contributed by atoms with Crippen molar-refractivity contribution < 1.29 is 4.74 Å². The van der Waals surface area contributed by atoms with Gasteiger partial charge in [-0.25, -0.2) is 0 Å². The Morgan fingerprint density at radius 3 is 3.11 bits per heavy atom. The highest BCUT2D eigenvalue weighted by molar-refractivity contribution is 7.98. The first kappa shape index (κ1) is 13.0. The van der Waals surface area contributed by atoms with Gasteiger partial charge in [0.15, 0.2) is 0 Å². The number of aromatic nitrogens is 1. The molecule has 0 bridgehead atoms. The predicted molar refractivity (Wildman–Crippen MR) is 81.8 cm³/mol. The molecule has 0 amide bonds. The highest BCUT2D eigenvalue weighted by atomic mass is 32.2. The molecule has 1 saturated heterocycles. The standard InChI is InChI=1S/C15H20N2OS/c1-17-8-11(10-19-2)18-15(9-17)13-4-3-5-14-12(13)6-7-16-14/h3-7,11,15-16H,8-10H2,1-2H3/t11?,15-/m0/s1. The van der Waals surface area contributed by atoms with Crippen molar-refractivity contribution >= 4 is 22.7 Å². The Bertz CT molecular complexity index is 554. The van der Waals surface area contributed by atoms with Crippen LogP contribution in [0.3, 0.4) is 0 Å². The van der Waals surface area contributed by atoms with Crippen molar-refractivity contribution in [1.82, 2.24) is 9.88 Å². The van der Waals surface area contributed by atoms with Crippen molar-refractivity contribution in [1.29, 1.82) is 0 Å². The summed E-state index contributed by atoms with van der Waals surface area (Å²) in [4.78, 5) is 5.65. The van der Waals surface area contributed by atoms with Crippen molar-refractivity contribution in [2.75, 3.05) is 32.1 Å². The molecule has 3 nitrogen and oxygen atoms in total. The van der Waals surface area contributed by atoms with E-state index in [1.54, 1.807) is 0 Å². The summed E-state index contributed by atoms with van der Waals surface area (Å²) in [7, 11) is 2.18. The zero-order valence-electron chi connectivity index (χ0n) is 11.4. The average Bonchev–Trinajstić information content (AvgIpc) is 2.86. The smallest absolute Gasteiger partial charge is 0.0963 e. The molecule has 102 valence electrons. The normalized spacial score (nSPS) is 24.9. The van der Waals surface area contributed by atoms with E-state index in [-0.39, 0.29) is 6.10 Å². The summed E-state index contributed by atoms with van der Waals surface area (Å²) in [6, 6.07) is 8.56. The molecule has 2 atom stereocenters. The van der Waals surface area contributed by atoms with Crippen molar-refractivity contribution in [2.24, 2.45) is 0 Å². The van der Waals surface area contributed by atoms with Crippen LogP contribution in [0.2, 0.25) is 0 Å². The van der Waals surface area contributed by atoms with Crippen LogP contribution in [0.4, 0.5) is 0 Å². The molecular formula is C15H20N2OS. The number of fused-ring (bicyclic) bond motifs is 1. The first-order chi connectivity index (χ1) is 9.28. The number of morpholine rings is 1. The van der Waals surface area contributed by atoms with Crippen molar-refractivity contribution in [3.8, 4) is 0 Å². The quantitative estimate of drug-likeness (QED) is 0.934. The third kappa shape index (κ3) is 2.66. The van der Waals surface area contributed by atoms with E-state index in [9.17, 15) is 0 Å². The van der Waals surface area contributed by atoms with Crippen LogP contribution in [0.1, 0.15) is 11.7 Å². The second kappa shape index (κ2) is 5.57. The van der Waals surface area contributed by atoms with Gasteiger partial charge in [-0.05, 0) is 31.0 Å². The monoisotopic (exact) mass is 276 g/mol. The van der Waals surface area contributed by atoms with Crippen molar-refractivity contribution in [3.63, 3.8) is 0 Å². The summed E-state index contributed by atoms with van der Waals surface area (Å²) in [5.41, 5.74) is 2.49. The average molecular weight is 276 g/mol. The summed E-state index contributed by atoms with van der Waals surface area (Å²) in [6.07, 6.45) is 4.64. The summed E-state index contributed by atoms with van der Waals surface area (Å²) < 4.78 is 6.28. The number of hydrogen-bond donors (Lipinski definition) is 1. The predicted octanol–water partition coefficient (Wildman–Crippen LogP) is 2.90. The Labute approximate surface area is 118 Å². The van der Waals surface area contributed by atoms with Gasteiger partial charge in [0.2, 0.25) is 0 Å². The lowest BCUT2D eigenvalue weighted by Gasteiger charge is -2.36. The Kier molecular flexibility index (Phi) is 3.82. The zero-order chi connectivity index (χ0) is 13.2. The van der Waals surface area contributed by atoms with E-state index in [4.69, 9.17) is 4.74 Å². The van der Waals surface area contributed by atoms with Gasteiger partial charge in [-0.15, -0.1) is 0 Å². The van der Waals surface area contributed by atoms with Crippen molar-refractivity contribution in [3.05, 3.63) is 36.0 Å². The first-order valence-corrected chi connectivity index (χ1v) is 8.06. The largest absolute Gasteiger partial charge is 0.367 e. The van der Waals surface area contributed by atoms with Crippen LogP contribution in [0, 0.1) is 0 Å². The van der Waals surface area contributed by atoms with Gasteiger partial charge in [-0.1, -0.05) is 12.1 Å². The van der Waals surface area contributed by atoms with Gasteiger partial charge in [0.1, 0.15) is 0 Å². The molecule has 1 aliphatic heterocycles. The highest BCUT2D eigenvalue weighted by Gasteiger charge is 2.27. The third-order valence-corrected chi connectivity index (χ3v) is 4.38. The van der Waals surface area contributed by atoms with Gasteiger partial charge in [-0.2, -0.15) is 11.8 Å². The molecule has 2 aromatic rings. The number of ether oxygens (including phenoxy) is 1. The van der Waals surface area contributed by atoms with Crippen LogP contribution in [-0.4, -0.2) is 48.1 Å². The van der Waals surface area contributed by atoms with E-state index >= 15 is 0 Å². The van der Waals surface area contributed by atoms with E-state index in [1.807, 2.05) is 18.0 Å². The lowest BCUT2D eigenvalue weighted by atomic mass is 10.0. The topological polar surface area (TPSA) is 28.3 Å². The Hall–Kier alpha value is -0.970. The van der Waals surface area contributed by atoms with Gasteiger partial charge in [0.05, 0.1) is 12.2 Å². The number of hydrogen-bond acceptors (Lipinski definition) is 3. The SMILES string of the molecule is CSCC1CN(C)C[C@@H](c2cccc3[nH]ccc23)O1. The molecule has 0 spiro atoms. The van der Waals surface area contributed by atoms with E-state index < -0.39 is 0 Å². The summed E-state index contributed by atoms with van der Waals surface area (Å²) in [5, 5.41) is 1.28. The van der Waals surface area contributed by atoms with Crippen LogP contribution >= 0.6 is 11.8 Å². The van der Waals surface area contributed by atoms with E-state index in [2.05, 4.69) is 47.5 Å². The molecular weight excluding hydrogens is 256 g/mol. The number of rotatable bonds is 3. The fourth-order valence-corrected chi connectivity index (χ4v) is 3.42. The Morgan fingerprint density at radius 1 is 1.37 bits per heavy atom. The molecule has 2 heterocycles. The van der Waals surface area contributed by atoms with E-state index in [1.165, 1.54) is 16.5 Å². The van der Waals surface area contributed by atoms with E-state index in [0.717, 1.165) is 18.8 Å².